The summed E-state index contributed by atoms with van der Waals surface area (Å²) in [4.78, 5) is 99.5. The summed E-state index contributed by atoms with van der Waals surface area (Å²) in [6, 6.07) is 16.1. The number of rotatable bonds is 18. The lowest BCUT2D eigenvalue weighted by Gasteiger charge is -2.42. The lowest BCUT2D eigenvalue weighted by Crippen LogP contribution is -2.51. The normalized spacial score (nSPS) is 17.8. The second kappa shape index (κ2) is 50.2. The molecular weight excluding hydrogens is 2040 g/mol. The van der Waals surface area contributed by atoms with Crippen molar-refractivity contribution < 1.29 is 162 Å². The minimum atomic E-state index is -5.01. The highest BCUT2D eigenvalue weighted by molar-refractivity contribution is 5.79. The average Bonchev–Trinajstić information content (AvgIpc) is 0.790. The van der Waals surface area contributed by atoms with Crippen molar-refractivity contribution >= 4 is 41.8 Å². The fourth-order valence-corrected chi connectivity index (χ4v) is 18.1. The quantitative estimate of drug-likeness (QED) is 0.0706. The summed E-state index contributed by atoms with van der Waals surface area (Å²) in [7, 11) is 5.19. The molecule has 0 radical (unpaired) electrons. The number of carbonyl (C=O) groups excluding carboxylic acids is 7. The maximum Gasteiger partial charge on any atom is 0.416 e. The van der Waals surface area contributed by atoms with Gasteiger partial charge in [-0.05, 0) is 274 Å². The zero-order valence-corrected chi connectivity index (χ0v) is 81.6. The highest BCUT2D eigenvalue weighted by Crippen LogP contribution is 2.46. The minimum absolute atomic E-state index is 0. The second-order valence-electron chi connectivity index (χ2n) is 36.5. The van der Waals surface area contributed by atoms with Gasteiger partial charge in [-0.15, -0.1) is 0 Å². The van der Waals surface area contributed by atoms with E-state index in [1.165, 1.54) is 110 Å². The molecule has 149 heavy (non-hydrogen) atoms. The summed E-state index contributed by atoms with van der Waals surface area (Å²) in [5, 5.41) is 8.67. The number of hydrogen-bond acceptors (Lipinski definition) is 7. The van der Waals surface area contributed by atoms with Gasteiger partial charge in [0.1, 0.15) is 23.3 Å². The Hall–Kier alpha value is -12.8. The van der Waals surface area contributed by atoms with E-state index >= 15 is 0 Å². The SMILES string of the molecule is C.CCC(=O)N[C@@H]1CCN(C(=O)N(C)Cc2cc(C(F)(F)F)cc(C(F)(F)F)c2)[C@H](c2ccc(F)cc2C)C1.CCC(=O)N[C@@H]1CCN(C(=O)N(C)Cc2cc(C(F)(F)F)cc(C(F)(F)F)c2)[C@H](c2ccc(F)cc2C)C1.CCC(=O)N[C@H]1CCN(C(=O)N(C)Cc2cc(C(F)(F)F)cc(C(F)(F)F)c2)[C@@H](c2ccc(F)cc2C)C1.Cc1cc(F)ccc1[C@H]1CCCCN1C(=O)N(C)Cc1cc(C(F)(F)F)cc(C(F)(F)F)c1.O. The van der Waals surface area contributed by atoms with Crippen LogP contribution >= 0.6 is 0 Å². The monoisotopic (exact) mass is 2150 g/mol. The van der Waals surface area contributed by atoms with Crippen LogP contribution in [-0.4, -0.2) is 159 Å². The van der Waals surface area contributed by atoms with E-state index < -0.39 is 186 Å². The van der Waals surface area contributed by atoms with Gasteiger partial charge >= 0.3 is 73.5 Å². The van der Waals surface area contributed by atoms with Crippen molar-refractivity contribution in [1.82, 2.24) is 55.1 Å². The van der Waals surface area contributed by atoms with Crippen LogP contribution in [0.25, 0.3) is 0 Å². The molecule has 0 spiro atoms. The molecule has 0 aromatic heterocycles. The van der Waals surface area contributed by atoms with E-state index in [4.69, 9.17) is 0 Å². The number of likely N-dealkylation sites (tertiary alicyclic amines) is 4. The number of nitrogens with zero attached hydrogens (tertiary/aromatic N) is 8. The molecule has 4 aliphatic heterocycles. The molecule has 4 heterocycles. The van der Waals surface area contributed by atoms with Crippen molar-refractivity contribution in [2.24, 2.45) is 0 Å². The molecule has 11 amide bonds. The summed E-state index contributed by atoms with van der Waals surface area (Å²) in [6.07, 6.45) is -34.9. The Labute approximate surface area is 841 Å². The average molecular weight is 2150 g/mol. The van der Waals surface area contributed by atoms with Crippen LogP contribution < -0.4 is 16.0 Å². The van der Waals surface area contributed by atoms with Crippen molar-refractivity contribution in [1.29, 1.82) is 0 Å². The zero-order valence-electron chi connectivity index (χ0n) is 81.6. The Bertz CT molecular complexity index is 5420. The Balaban J connectivity index is 0.000000268. The first-order chi connectivity index (χ1) is 68.1. The van der Waals surface area contributed by atoms with Crippen LogP contribution in [-0.2, 0) is 90.0 Å². The molecule has 47 heteroatoms. The van der Waals surface area contributed by atoms with E-state index in [0.29, 0.717) is 145 Å². The van der Waals surface area contributed by atoms with E-state index in [-0.39, 0.29) is 140 Å². The highest BCUT2D eigenvalue weighted by Gasteiger charge is 2.46. The number of carbonyl (C=O) groups is 7. The maximum absolute atomic E-state index is 13.8. The number of halogens is 28. The number of alkyl halides is 24. The van der Waals surface area contributed by atoms with E-state index in [9.17, 15) is 156 Å². The molecule has 4 aliphatic rings. The van der Waals surface area contributed by atoms with Crippen molar-refractivity contribution in [3.63, 3.8) is 0 Å². The number of amides is 11. The molecule has 4 saturated heterocycles. The van der Waals surface area contributed by atoms with E-state index in [1.54, 1.807) is 59.4 Å². The summed E-state index contributed by atoms with van der Waals surface area (Å²) in [5.74, 6) is -2.36. The summed E-state index contributed by atoms with van der Waals surface area (Å²) < 4.78 is 373. The fourth-order valence-electron chi connectivity index (χ4n) is 18.1. The number of urea groups is 4. The van der Waals surface area contributed by atoms with Crippen LogP contribution in [0.1, 0.15) is 241 Å². The molecule has 0 aliphatic carbocycles. The van der Waals surface area contributed by atoms with Crippen molar-refractivity contribution in [3.05, 3.63) is 280 Å². The first-order valence-corrected chi connectivity index (χ1v) is 46.2. The highest BCUT2D eigenvalue weighted by atomic mass is 19.4. The Kier molecular flexibility index (Phi) is 41.5. The minimum Gasteiger partial charge on any atom is -0.412 e. The second-order valence-corrected chi connectivity index (χ2v) is 36.5. The largest absolute Gasteiger partial charge is 0.416 e. The van der Waals surface area contributed by atoms with Crippen LogP contribution in [0.4, 0.5) is 142 Å². The lowest BCUT2D eigenvalue weighted by atomic mass is 9.89. The zero-order chi connectivity index (χ0) is 110. The van der Waals surface area contributed by atoms with Gasteiger partial charge < -0.3 is 60.6 Å². The van der Waals surface area contributed by atoms with Gasteiger partial charge in [0.15, 0.2) is 0 Å². The molecule has 12 rings (SSSR count). The maximum atomic E-state index is 13.8. The van der Waals surface area contributed by atoms with Gasteiger partial charge in [-0.1, -0.05) is 52.5 Å². The topological polar surface area (TPSA) is 213 Å². The van der Waals surface area contributed by atoms with Crippen LogP contribution in [0.3, 0.4) is 0 Å². The summed E-state index contributed by atoms with van der Waals surface area (Å²) in [5.41, 5.74) is -7.91. The van der Waals surface area contributed by atoms with Gasteiger partial charge in [0, 0.05) is 118 Å². The molecule has 4 fully saturated rings. The number of piperidine rings is 4. The molecule has 0 unspecified atom stereocenters. The molecule has 820 valence electrons. The smallest absolute Gasteiger partial charge is 0.412 e. The van der Waals surface area contributed by atoms with Gasteiger partial charge in [-0.25, -0.2) is 36.7 Å². The predicted octanol–water partition coefficient (Wildman–Crippen LogP) is 26.1. The molecule has 5 N–H and O–H groups in total. The van der Waals surface area contributed by atoms with Gasteiger partial charge in [0.25, 0.3) is 0 Å². The molecular formula is C102H113F28N11O8. The molecule has 8 aromatic carbocycles. The third kappa shape index (κ3) is 33.6. The molecule has 0 saturated carbocycles. The standard InChI is InChI=1S/3C26H28F7N3O2.C23H23F7N2O.CH4.H2O/c3*1-4-23(37)34-20-7-8-36(22(13-20)21-6-5-19(27)9-15(21)2)24(38)35(3)14-16-10-17(25(28,29)30)12-18(11-16)26(31,32)33;1-14-9-18(24)6-7-19(14)20-5-3-4-8-32(20)21(33)31(2)13-15-10-16(22(25,26)27)12-17(11-15)23(28,29)30;;/h3*5-6,9-12,20,22H,4,7-8,13-14H2,1-3H3,(H,34,37);6-7,9-12,20H,3-5,8,13H2,1-2H3;1H4;1H2/t3*20-,22+;20-;;/m1101../s1. The van der Waals surface area contributed by atoms with E-state index in [0.717, 1.165) is 31.6 Å². The van der Waals surface area contributed by atoms with E-state index in [1.807, 2.05) is 0 Å². The third-order valence-electron chi connectivity index (χ3n) is 25.3. The predicted molar refractivity (Wildman–Crippen MR) is 494 cm³/mol. The van der Waals surface area contributed by atoms with E-state index in [2.05, 4.69) is 16.0 Å². The van der Waals surface area contributed by atoms with Crippen LogP contribution in [0.15, 0.2) is 146 Å². The van der Waals surface area contributed by atoms with Crippen LogP contribution in [0.5, 0.6) is 0 Å². The van der Waals surface area contributed by atoms with Crippen molar-refractivity contribution in [2.45, 2.75) is 251 Å². The van der Waals surface area contributed by atoms with Crippen LogP contribution in [0, 0.1) is 51.0 Å². The molecule has 19 nitrogen and oxygen atoms in total. The number of nitrogens with one attached hydrogen (secondary N) is 3. The molecule has 8 aromatic rings. The van der Waals surface area contributed by atoms with Gasteiger partial charge in [0.05, 0.1) is 68.7 Å². The number of benzene rings is 8. The third-order valence-corrected chi connectivity index (χ3v) is 25.3. The van der Waals surface area contributed by atoms with Crippen LogP contribution in [0.2, 0.25) is 0 Å². The lowest BCUT2D eigenvalue weighted by molar-refractivity contribution is -0.144. The number of aryl methyl sites for hydroxylation is 4. The van der Waals surface area contributed by atoms with Crippen molar-refractivity contribution in [2.75, 3.05) is 54.4 Å². The summed E-state index contributed by atoms with van der Waals surface area (Å²) in [6.45, 7) is 10.7. The van der Waals surface area contributed by atoms with Gasteiger partial charge in [-0.2, -0.15) is 105 Å². The first kappa shape index (κ1) is 123. The summed E-state index contributed by atoms with van der Waals surface area (Å²) >= 11 is 0. The van der Waals surface area contributed by atoms with Gasteiger partial charge in [-0.3, -0.25) is 14.4 Å². The fraction of sp³-hybridized carbons (Fsp3) is 0.461. The Morgan fingerprint density at radius 2 is 0.470 bits per heavy atom. The molecule has 0 bridgehead atoms. The number of hydrogen-bond donors (Lipinski definition) is 3. The Morgan fingerprint density at radius 1 is 0.282 bits per heavy atom. The van der Waals surface area contributed by atoms with Crippen molar-refractivity contribution in [3.8, 4) is 0 Å². The van der Waals surface area contributed by atoms with Gasteiger partial charge in [0.2, 0.25) is 17.7 Å². The molecule has 7 atom stereocenters. The first-order valence-electron chi connectivity index (χ1n) is 46.2. The Morgan fingerprint density at radius 3 is 0.651 bits per heavy atom.